The average Bonchev–Trinajstić information content (AvgIpc) is 3.14. The molecule has 9 nitrogen and oxygen atoms in total. The second kappa shape index (κ2) is 6.72. The van der Waals surface area contributed by atoms with E-state index in [-0.39, 0.29) is 22.7 Å². The van der Waals surface area contributed by atoms with E-state index in [1.807, 2.05) is 6.07 Å². The first-order chi connectivity index (χ1) is 13.0. The third kappa shape index (κ3) is 3.22. The van der Waals surface area contributed by atoms with Crippen LogP contribution < -0.4 is 5.43 Å². The summed E-state index contributed by atoms with van der Waals surface area (Å²) in [6.45, 7) is 0. The molecule has 2 unspecified atom stereocenters. The molecule has 3 aromatic rings. The molecule has 1 aliphatic rings. The number of fused-ring (bicyclic) bond motifs is 1. The summed E-state index contributed by atoms with van der Waals surface area (Å²) in [6, 6.07) is 12.5. The maximum Gasteiger partial charge on any atom is 0.269 e. The third-order valence-electron chi connectivity index (χ3n) is 4.29. The number of benzene rings is 2. The van der Waals surface area contributed by atoms with Crippen molar-refractivity contribution >= 4 is 23.1 Å². The molecule has 0 aliphatic carbocycles. The van der Waals surface area contributed by atoms with Gasteiger partial charge in [0.2, 0.25) is 0 Å². The normalized spacial score (nSPS) is 18.4. The Morgan fingerprint density at radius 1 is 1.00 bits per heavy atom. The standard InChI is InChI=1S/C17H13N5O4S/c23-21(24)13-6-4-11(5-7-13)16-15(19-20-9-8-18-17(20)27-16)12-2-1-3-14(10-12)22(25)26/h1-10,15-16,19H. The molecular formula is C17H13N5O4S. The number of rotatable bonds is 4. The van der Waals surface area contributed by atoms with Crippen LogP contribution in [0.15, 0.2) is 66.1 Å². The van der Waals surface area contributed by atoms with Gasteiger partial charge in [-0.1, -0.05) is 36.0 Å². The number of aromatic nitrogens is 2. The lowest BCUT2D eigenvalue weighted by atomic mass is 9.98. The maximum absolute atomic E-state index is 11.1. The first-order valence-corrected chi connectivity index (χ1v) is 8.86. The zero-order valence-corrected chi connectivity index (χ0v) is 14.6. The van der Waals surface area contributed by atoms with E-state index in [0.29, 0.717) is 0 Å². The molecule has 0 bridgehead atoms. The maximum atomic E-state index is 11.1. The van der Waals surface area contributed by atoms with Crippen molar-refractivity contribution in [2.75, 3.05) is 5.43 Å². The lowest BCUT2D eigenvalue weighted by molar-refractivity contribution is -0.385. The fourth-order valence-corrected chi connectivity index (χ4v) is 4.22. The van der Waals surface area contributed by atoms with Crippen LogP contribution in [-0.2, 0) is 0 Å². The number of hydrogen-bond acceptors (Lipinski definition) is 7. The topological polar surface area (TPSA) is 116 Å². The van der Waals surface area contributed by atoms with Crippen molar-refractivity contribution in [3.05, 3.63) is 92.3 Å². The molecule has 2 heterocycles. The molecular weight excluding hydrogens is 370 g/mol. The van der Waals surface area contributed by atoms with Crippen LogP contribution in [0, 0.1) is 20.2 Å². The smallest absolute Gasteiger partial charge is 0.269 e. The first-order valence-electron chi connectivity index (χ1n) is 7.98. The SMILES string of the molecule is O=[N+]([O-])c1ccc(C2Sc3nccn3NC2c2cccc([N+](=O)[O-])c2)cc1. The Morgan fingerprint density at radius 2 is 1.74 bits per heavy atom. The van der Waals surface area contributed by atoms with Crippen molar-refractivity contribution in [3.63, 3.8) is 0 Å². The lowest BCUT2D eigenvalue weighted by Crippen LogP contribution is -2.29. The molecule has 2 aromatic carbocycles. The molecule has 0 saturated carbocycles. The summed E-state index contributed by atoms with van der Waals surface area (Å²) < 4.78 is 1.77. The predicted molar refractivity (Wildman–Crippen MR) is 99.1 cm³/mol. The molecule has 0 saturated heterocycles. The number of imidazole rings is 1. The third-order valence-corrected chi connectivity index (χ3v) is 5.60. The van der Waals surface area contributed by atoms with E-state index in [1.54, 1.807) is 41.3 Å². The Labute approximate surface area is 157 Å². The van der Waals surface area contributed by atoms with Gasteiger partial charge in [-0.2, -0.15) is 0 Å². The van der Waals surface area contributed by atoms with Crippen molar-refractivity contribution in [3.8, 4) is 0 Å². The minimum absolute atomic E-state index is 0.0122. The summed E-state index contributed by atoms with van der Waals surface area (Å²) in [5, 5.41) is 22.6. The van der Waals surface area contributed by atoms with Gasteiger partial charge in [-0.05, 0) is 11.1 Å². The Morgan fingerprint density at radius 3 is 2.44 bits per heavy atom. The second-order valence-electron chi connectivity index (χ2n) is 5.93. The van der Waals surface area contributed by atoms with E-state index in [4.69, 9.17) is 0 Å². The van der Waals surface area contributed by atoms with Crippen molar-refractivity contribution < 1.29 is 9.85 Å². The Bertz CT molecular complexity index is 1020. The molecule has 2 atom stereocenters. The Balaban J connectivity index is 1.76. The quantitative estimate of drug-likeness (QED) is 0.537. The van der Waals surface area contributed by atoms with Gasteiger partial charge in [0.25, 0.3) is 11.4 Å². The molecule has 0 radical (unpaired) electrons. The fourth-order valence-electron chi connectivity index (χ4n) is 3.00. The van der Waals surface area contributed by atoms with Crippen molar-refractivity contribution in [1.82, 2.24) is 9.66 Å². The van der Waals surface area contributed by atoms with Gasteiger partial charge in [0.15, 0.2) is 5.16 Å². The van der Waals surface area contributed by atoms with Gasteiger partial charge in [0.05, 0.1) is 21.1 Å². The molecule has 0 amide bonds. The average molecular weight is 383 g/mol. The van der Waals surface area contributed by atoms with Crippen LogP contribution in [-0.4, -0.2) is 19.5 Å². The van der Waals surface area contributed by atoms with Crippen LogP contribution >= 0.6 is 11.8 Å². The van der Waals surface area contributed by atoms with Gasteiger partial charge >= 0.3 is 0 Å². The van der Waals surface area contributed by atoms with E-state index in [0.717, 1.165) is 16.3 Å². The molecule has 10 heteroatoms. The molecule has 0 spiro atoms. The van der Waals surface area contributed by atoms with Crippen LogP contribution in [0.25, 0.3) is 0 Å². The highest BCUT2D eigenvalue weighted by Gasteiger charge is 2.33. The molecule has 1 N–H and O–H groups in total. The molecule has 0 fully saturated rings. The van der Waals surface area contributed by atoms with Crippen LogP contribution in [0.4, 0.5) is 11.4 Å². The van der Waals surface area contributed by atoms with Crippen LogP contribution in [0.2, 0.25) is 0 Å². The highest BCUT2D eigenvalue weighted by Crippen LogP contribution is 2.47. The highest BCUT2D eigenvalue weighted by atomic mass is 32.2. The summed E-state index contributed by atoms with van der Waals surface area (Å²) in [5.41, 5.74) is 4.96. The predicted octanol–water partition coefficient (Wildman–Crippen LogP) is 3.83. The summed E-state index contributed by atoms with van der Waals surface area (Å²) in [5.74, 6) is 0. The van der Waals surface area contributed by atoms with Crippen molar-refractivity contribution in [1.29, 1.82) is 0 Å². The summed E-state index contributed by atoms with van der Waals surface area (Å²) in [4.78, 5) is 25.5. The number of nitrogens with zero attached hydrogens (tertiary/aromatic N) is 4. The van der Waals surface area contributed by atoms with Gasteiger partial charge in [-0.25, -0.2) is 9.66 Å². The molecule has 4 rings (SSSR count). The number of nitro groups is 2. The zero-order valence-electron chi connectivity index (χ0n) is 13.8. The van der Waals surface area contributed by atoms with Crippen LogP contribution in [0.1, 0.15) is 22.4 Å². The largest absolute Gasteiger partial charge is 0.315 e. The van der Waals surface area contributed by atoms with E-state index in [2.05, 4.69) is 10.4 Å². The molecule has 1 aliphatic heterocycles. The van der Waals surface area contributed by atoms with Crippen molar-refractivity contribution in [2.24, 2.45) is 0 Å². The van der Waals surface area contributed by atoms with Gasteiger partial charge in [-0.15, -0.1) is 0 Å². The van der Waals surface area contributed by atoms with Gasteiger partial charge < -0.3 is 5.43 Å². The number of hydrogen-bond donors (Lipinski definition) is 1. The van der Waals surface area contributed by atoms with Gasteiger partial charge in [0.1, 0.15) is 0 Å². The van der Waals surface area contributed by atoms with Crippen molar-refractivity contribution in [2.45, 2.75) is 16.4 Å². The minimum Gasteiger partial charge on any atom is -0.315 e. The number of nitro benzene ring substituents is 2. The fraction of sp³-hybridized carbons (Fsp3) is 0.118. The van der Waals surface area contributed by atoms with E-state index < -0.39 is 9.85 Å². The van der Waals surface area contributed by atoms with Crippen LogP contribution in [0.5, 0.6) is 0 Å². The number of thioether (sulfide) groups is 1. The first kappa shape index (κ1) is 17.0. The lowest BCUT2D eigenvalue weighted by Gasteiger charge is -2.33. The minimum atomic E-state index is -0.444. The zero-order chi connectivity index (χ0) is 19.0. The number of non-ortho nitro benzene ring substituents is 2. The van der Waals surface area contributed by atoms with Crippen LogP contribution in [0.3, 0.4) is 0 Å². The highest BCUT2D eigenvalue weighted by molar-refractivity contribution is 7.99. The summed E-state index contributed by atoms with van der Waals surface area (Å²) in [7, 11) is 0. The molecule has 136 valence electrons. The van der Waals surface area contributed by atoms with E-state index >= 15 is 0 Å². The summed E-state index contributed by atoms with van der Waals surface area (Å²) in [6.07, 6.45) is 3.44. The summed E-state index contributed by atoms with van der Waals surface area (Å²) >= 11 is 1.50. The van der Waals surface area contributed by atoms with Gasteiger partial charge in [-0.3, -0.25) is 20.2 Å². The second-order valence-corrected chi connectivity index (χ2v) is 7.03. The van der Waals surface area contributed by atoms with Gasteiger partial charge in [0, 0.05) is 36.7 Å². The molecule has 1 aromatic heterocycles. The monoisotopic (exact) mass is 383 g/mol. The Hall–Kier alpha value is -3.40. The van der Waals surface area contributed by atoms with E-state index in [1.165, 1.54) is 30.0 Å². The van der Waals surface area contributed by atoms with E-state index in [9.17, 15) is 20.2 Å². The molecule has 27 heavy (non-hydrogen) atoms. The Kier molecular flexibility index (Phi) is 4.24. The number of nitrogens with one attached hydrogen (secondary N) is 1.